The smallest absolute Gasteiger partial charge is 0.247 e. The first kappa shape index (κ1) is 20.8. The molecule has 158 valence electrons. The third-order valence-corrected chi connectivity index (χ3v) is 5.53. The highest BCUT2D eigenvalue weighted by molar-refractivity contribution is 5.76. The fourth-order valence-electron chi connectivity index (χ4n) is 3.64. The molecule has 0 atom stereocenters. The SMILES string of the molecule is Cc1ccc(-c2nnc(CCC(=O)N3CCN(Cc4ccc(C#N)cc4)CC3)o2)cc1. The van der Waals surface area contributed by atoms with Crippen LogP contribution in [0.1, 0.15) is 29.0 Å². The van der Waals surface area contributed by atoms with Gasteiger partial charge in [0, 0.05) is 51.1 Å². The normalized spacial score (nSPS) is 14.4. The second kappa shape index (κ2) is 9.54. The van der Waals surface area contributed by atoms with Crippen LogP contribution in [0.5, 0.6) is 0 Å². The van der Waals surface area contributed by atoms with Crippen molar-refractivity contribution in [2.45, 2.75) is 26.3 Å². The lowest BCUT2D eigenvalue weighted by Crippen LogP contribution is -2.48. The van der Waals surface area contributed by atoms with Gasteiger partial charge in [0.2, 0.25) is 17.7 Å². The molecule has 2 heterocycles. The monoisotopic (exact) mass is 415 g/mol. The van der Waals surface area contributed by atoms with Crippen LogP contribution in [0.15, 0.2) is 52.9 Å². The van der Waals surface area contributed by atoms with Gasteiger partial charge < -0.3 is 9.32 Å². The fraction of sp³-hybridized carbons (Fsp3) is 0.333. The quantitative estimate of drug-likeness (QED) is 0.615. The van der Waals surface area contributed by atoms with Crippen LogP contribution in [-0.2, 0) is 17.8 Å². The fourth-order valence-corrected chi connectivity index (χ4v) is 3.64. The number of aryl methyl sites for hydroxylation is 2. The molecule has 1 aliphatic heterocycles. The van der Waals surface area contributed by atoms with E-state index in [9.17, 15) is 4.79 Å². The van der Waals surface area contributed by atoms with E-state index in [1.54, 1.807) is 0 Å². The highest BCUT2D eigenvalue weighted by Crippen LogP contribution is 2.19. The molecule has 7 nitrogen and oxygen atoms in total. The molecule has 7 heteroatoms. The Balaban J connectivity index is 1.23. The number of piperazine rings is 1. The largest absolute Gasteiger partial charge is 0.421 e. The molecule has 31 heavy (non-hydrogen) atoms. The maximum absolute atomic E-state index is 12.6. The van der Waals surface area contributed by atoms with Crippen LogP contribution in [0.3, 0.4) is 0 Å². The maximum atomic E-state index is 12.6. The average molecular weight is 415 g/mol. The molecule has 0 saturated carbocycles. The van der Waals surface area contributed by atoms with E-state index in [2.05, 4.69) is 21.2 Å². The van der Waals surface area contributed by atoms with E-state index in [1.807, 2.05) is 60.4 Å². The van der Waals surface area contributed by atoms with Crippen molar-refractivity contribution in [3.63, 3.8) is 0 Å². The van der Waals surface area contributed by atoms with Gasteiger partial charge in [-0.05, 0) is 36.8 Å². The van der Waals surface area contributed by atoms with Crippen molar-refractivity contribution >= 4 is 5.91 Å². The summed E-state index contributed by atoms with van der Waals surface area (Å²) in [5.41, 5.74) is 3.91. The van der Waals surface area contributed by atoms with E-state index >= 15 is 0 Å². The van der Waals surface area contributed by atoms with Crippen LogP contribution in [-0.4, -0.2) is 52.1 Å². The number of amides is 1. The Morgan fingerprint density at radius 3 is 2.42 bits per heavy atom. The number of rotatable bonds is 6. The predicted octanol–water partition coefficient (Wildman–Crippen LogP) is 3.19. The number of benzene rings is 2. The van der Waals surface area contributed by atoms with Crippen LogP contribution in [0.4, 0.5) is 0 Å². The van der Waals surface area contributed by atoms with Gasteiger partial charge in [-0.15, -0.1) is 10.2 Å². The molecule has 0 N–H and O–H groups in total. The lowest BCUT2D eigenvalue weighted by Gasteiger charge is -2.34. The number of hydrogen-bond acceptors (Lipinski definition) is 6. The van der Waals surface area contributed by atoms with Gasteiger partial charge in [0.25, 0.3) is 0 Å². The minimum absolute atomic E-state index is 0.119. The molecule has 0 unspecified atom stereocenters. The van der Waals surface area contributed by atoms with Crippen molar-refractivity contribution in [1.29, 1.82) is 5.26 Å². The Labute approximate surface area is 181 Å². The Bertz CT molecular complexity index is 1060. The van der Waals surface area contributed by atoms with Gasteiger partial charge in [0.15, 0.2) is 0 Å². The van der Waals surface area contributed by atoms with Gasteiger partial charge in [-0.1, -0.05) is 29.8 Å². The van der Waals surface area contributed by atoms with Gasteiger partial charge in [-0.25, -0.2) is 0 Å². The minimum atomic E-state index is 0.119. The molecule has 0 radical (unpaired) electrons. The highest BCUT2D eigenvalue weighted by Gasteiger charge is 2.21. The summed E-state index contributed by atoms with van der Waals surface area (Å²) in [6, 6.07) is 17.7. The Hall–Kier alpha value is -3.50. The second-order valence-electron chi connectivity index (χ2n) is 7.83. The molecule has 0 spiro atoms. The number of nitriles is 1. The number of aromatic nitrogens is 2. The molecule has 1 saturated heterocycles. The minimum Gasteiger partial charge on any atom is -0.421 e. The molecule has 1 amide bonds. The van der Waals surface area contributed by atoms with E-state index < -0.39 is 0 Å². The van der Waals surface area contributed by atoms with Gasteiger partial charge in [0.05, 0.1) is 11.6 Å². The van der Waals surface area contributed by atoms with Crippen molar-refractivity contribution < 1.29 is 9.21 Å². The van der Waals surface area contributed by atoms with Crippen LogP contribution in [0.2, 0.25) is 0 Å². The van der Waals surface area contributed by atoms with E-state index in [1.165, 1.54) is 11.1 Å². The standard InChI is InChI=1S/C24H25N5O2/c1-18-2-8-21(9-3-18)24-27-26-22(31-24)10-11-23(30)29-14-12-28(13-15-29)17-20-6-4-19(16-25)5-7-20/h2-9H,10-15,17H2,1H3. The number of carbonyl (C=O) groups excluding carboxylic acids is 1. The van der Waals surface area contributed by atoms with E-state index in [0.29, 0.717) is 43.3 Å². The number of carbonyl (C=O) groups is 1. The number of hydrogen-bond donors (Lipinski definition) is 0. The average Bonchev–Trinajstić information content (AvgIpc) is 3.28. The molecule has 0 bridgehead atoms. The summed E-state index contributed by atoms with van der Waals surface area (Å²) in [4.78, 5) is 16.8. The van der Waals surface area contributed by atoms with E-state index in [4.69, 9.17) is 9.68 Å². The summed E-state index contributed by atoms with van der Waals surface area (Å²) in [7, 11) is 0. The summed E-state index contributed by atoms with van der Waals surface area (Å²) in [6.45, 7) is 5.97. The lowest BCUT2D eigenvalue weighted by atomic mass is 10.1. The van der Waals surface area contributed by atoms with Crippen molar-refractivity contribution in [3.8, 4) is 17.5 Å². The van der Waals surface area contributed by atoms with Gasteiger partial charge >= 0.3 is 0 Å². The topological polar surface area (TPSA) is 86.3 Å². The summed E-state index contributed by atoms with van der Waals surface area (Å²) < 4.78 is 5.73. The van der Waals surface area contributed by atoms with Crippen molar-refractivity contribution in [2.75, 3.05) is 26.2 Å². The molecule has 2 aromatic carbocycles. The summed E-state index contributed by atoms with van der Waals surface area (Å²) in [5.74, 6) is 1.09. The van der Waals surface area contributed by atoms with Crippen molar-refractivity contribution in [3.05, 3.63) is 71.1 Å². The Kier molecular flexibility index (Phi) is 6.39. The molecule has 4 rings (SSSR count). The third-order valence-electron chi connectivity index (χ3n) is 5.53. The van der Waals surface area contributed by atoms with E-state index in [-0.39, 0.29) is 5.91 Å². The zero-order chi connectivity index (χ0) is 21.6. The Morgan fingerprint density at radius 2 is 1.74 bits per heavy atom. The van der Waals surface area contributed by atoms with Gasteiger partial charge in [0.1, 0.15) is 0 Å². The Morgan fingerprint density at radius 1 is 1.03 bits per heavy atom. The second-order valence-corrected chi connectivity index (χ2v) is 7.83. The highest BCUT2D eigenvalue weighted by atomic mass is 16.4. The van der Waals surface area contributed by atoms with Crippen molar-refractivity contribution in [1.82, 2.24) is 20.0 Å². The summed E-state index contributed by atoms with van der Waals surface area (Å²) >= 11 is 0. The molecule has 1 fully saturated rings. The first-order valence-electron chi connectivity index (χ1n) is 10.5. The molecular formula is C24H25N5O2. The van der Waals surface area contributed by atoms with Crippen LogP contribution in [0, 0.1) is 18.3 Å². The molecule has 0 aliphatic carbocycles. The zero-order valence-corrected chi connectivity index (χ0v) is 17.6. The van der Waals surface area contributed by atoms with Gasteiger partial charge in [-0.2, -0.15) is 5.26 Å². The zero-order valence-electron chi connectivity index (χ0n) is 17.6. The van der Waals surface area contributed by atoms with E-state index in [0.717, 1.165) is 25.2 Å². The third kappa shape index (κ3) is 5.36. The molecular weight excluding hydrogens is 390 g/mol. The molecule has 1 aromatic heterocycles. The van der Waals surface area contributed by atoms with Crippen LogP contribution in [0.25, 0.3) is 11.5 Å². The van der Waals surface area contributed by atoms with Crippen LogP contribution < -0.4 is 0 Å². The van der Waals surface area contributed by atoms with Gasteiger partial charge in [-0.3, -0.25) is 9.69 Å². The molecule has 3 aromatic rings. The summed E-state index contributed by atoms with van der Waals surface area (Å²) in [6.07, 6.45) is 0.814. The number of nitrogens with zero attached hydrogens (tertiary/aromatic N) is 5. The lowest BCUT2D eigenvalue weighted by molar-refractivity contribution is -0.133. The summed E-state index contributed by atoms with van der Waals surface area (Å²) in [5, 5.41) is 17.1. The first-order valence-corrected chi connectivity index (χ1v) is 10.5. The van der Waals surface area contributed by atoms with Crippen LogP contribution >= 0.6 is 0 Å². The predicted molar refractivity (Wildman–Crippen MR) is 116 cm³/mol. The molecule has 1 aliphatic rings. The first-order chi connectivity index (χ1) is 15.1. The maximum Gasteiger partial charge on any atom is 0.247 e. The van der Waals surface area contributed by atoms with Crippen molar-refractivity contribution in [2.24, 2.45) is 0 Å².